The summed E-state index contributed by atoms with van der Waals surface area (Å²) in [5.74, 6) is 0. The molecule has 5 nitrogen and oxygen atoms in total. The maximum atomic E-state index is 4.20. The van der Waals surface area contributed by atoms with Gasteiger partial charge in [0.1, 0.15) is 0 Å². The number of anilines is 3. The lowest BCUT2D eigenvalue weighted by molar-refractivity contribution is 1.12. The van der Waals surface area contributed by atoms with Gasteiger partial charge in [0.2, 0.25) is 0 Å². The van der Waals surface area contributed by atoms with Crippen LogP contribution in [0.1, 0.15) is 0 Å². The fourth-order valence-corrected chi connectivity index (χ4v) is 8.50. The number of benzene rings is 7. The minimum Gasteiger partial charge on any atom is -0.315 e. The topological polar surface area (TPSA) is 38.9 Å². The van der Waals surface area contributed by atoms with Crippen LogP contribution in [0.15, 0.2) is 225 Å². The molecule has 0 spiro atoms. The quantitative estimate of drug-likeness (QED) is 0.155. The van der Waals surface area contributed by atoms with E-state index in [-0.39, 0.29) is 0 Å². The second-order valence-corrected chi connectivity index (χ2v) is 14.8. The number of hydrogen-bond donors (Lipinski definition) is 0. The van der Waals surface area contributed by atoms with E-state index in [1.165, 1.54) is 38.3 Å². The molecule has 0 radical (unpaired) electrons. The molecule has 5 heteroatoms. The van der Waals surface area contributed by atoms with Gasteiger partial charge >= 0.3 is 0 Å². The molecule has 0 saturated heterocycles. The van der Waals surface area contributed by atoms with Crippen molar-refractivity contribution in [3.63, 3.8) is 0 Å². The first-order valence-corrected chi connectivity index (χ1v) is 19.9. The van der Waals surface area contributed by atoms with Crippen LogP contribution < -0.4 is 4.90 Å². The Balaban J connectivity index is 1.02. The summed E-state index contributed by atoms with van der Waals surface area (Å²) in [6, 6.07) is 69.7. The van der Waals surface area contributed by atoms with Crippen LogP contribution in [0.5, 0.6) is 0 Å². The van der Waals surface area contributed by atoms with Crippen LogP contribution in [-0.4, -0.2) is 19.1 Å². The van der Waals surface area contributed by atoms with Crippen LogP contribution in [0, 0.1) is 0 Å². The van der Waals surface area contributed by atoms with Crippen molar-refractivity contribution in [3.8, 4) is 44.8 Å². The van der Waals surface area contributed by atoms with Crippen molar-refractivity contribution < 1.29 is 0 Å². The van der Waals surface area contributed by atoms with Crippen LogP contribution in [0.3, 0.4) is 0 Å². The van der Waals surface area contributed by atoms with Gasteiger partial charge in [-0.25, -0.2) is 0 Å². The summed E-state index contributed by atoms with van der Waals surface area (Å²) >= 11 is 0. The number of aromatic nitrogens is 4. The Labute approximate surface area is 342 Å². The van der Waals surface area contributed by atoms with Gasteiger partial charge in [-0.2, -0.15) is 0 Å². The van der Waals surface area contributed by atoms with Gasteiger partial charge in [-0.1, -0.05) is 91.0 Å². The lowest BCUT2D eigenvalue weighted by Crippen LogP contribution is -2.09. The van der Waals surface area contributed by atoms with Gasteiger partial charge in [0, 0.05) is 75.6 Å². The van der Waals surface area contributed by atoms with Gasteiger partial charge in [0.25, 0.3) is 0 Å². The lowest BCUT2D eigenvalue weighted by atomic mass is 10.0. The van der Waals surface area contributed by atoms with E-state index >= 15 is 0 Å². The molecular weight excluding hydrogens is 719 g/mol. The predicted octanol–water partition coefficient (Wildman–Crippen LogP) is 14.0. The number of hydrogen-bond acceptors (Lipinski definition) is 3. The van der Waals surface area contributed by atoms with Crippen molar-refractivity contribution in [2.75, 3.05) is 4.90 Å². The number of rotatable bonds is 8. The first-order valence-electron chi connectivity index (χ1n) is 19.9. The zero-order chi connectivity index (χ0) is 39.1. The van der Waals surface area contributed by atoms with Gasteiger partial charge in [0.15, 0.2) is 0 Å². The molecule has 278 valence electrons. The van der Waals surface area contributed by atoms with Crippen molar-refractivity contribution >= 4 is 49.8 Å². The zero-order valence-electron chi connectivity index (χ0n) is 32.1. The van der Waals surface area contributed by atoms with Gasteiger partial charge < -0.3 is 14.0 Å². The van der Waals surface area contributed by atoms with E-state index in [9.17, 15) is 0 Å². The molecule has 0 fully saturated rings. The Morgan fingerprint density at radius 3 is 1.37 bits per heavy atom. The zero-order valence-corrected chi connectivity index (χ0v) is 32.1. The third-order valence-corrected chi connectivity index (χ3v) is 11.4. The summed E-state index contributed by atoms with van der Waals surface area (Å²) in [7, 11) is 0. The minimum absolute atomic E-state index is 1.08. The number of para-hydroxylation sites is 2. The van der Waals surface area contributed by atoms with E-state index in [1.807, 2.05) is 49.1 Å². The van der Waals surface area contributed by atoms with Crippen LogP contribution in [0.4, 0.5) is 17.1 Å². The summed E-state index contributed by atoms with van der Waals surface area (Å²) in [5, 5.41) is 3.65. The van der Waals surface area contributed by atoms with Crippen molar-refractivity contribution in [2.24, 2.45) is 0 Å². The van der Waals surface area contributed by atoms with Crippen molar-refractivity contribution in [1.29, 1.82) is 0 Å². The van der Waals surface area contributed by atoms with Crippen molar-refractivity contribution in [2.45, 2.75) is 0 Å². The van der Waals surface area contributed by atoms with Crippen LogP contribution in [-0.2, 0) is 0 Å². The molecule has 11 aromatic rings. The summed E-state index contributed by atoms with van der Waals surface area (Å²) in [5.41, 5.74) is 16.0. The summed E-state index contributed by atoms with van der Waals surface area (Å²) in [4.78, 5) is 10.7. The van der Waals surface area contributed by atoms with Crippen molar-refractivity contribution in [3.05, 3.63) is 225 Å². The van der Waals surface area contributed by atoms with E-state index in [4.69, 9.17) is 0 Å². The second-order valence-electron chi connectivity index (χ2n) is 14.8. The molecule has 0 aliphatic carbocycles. The number of pyridine rings is 2. The molecule has 11 rings (SSSR count). The fraction of sp³-hybridized carbons (Fsp3) is 0. The fourth-order valence-electron chi connectivity index (χ4n) is 8.50. The third-order valence-electron chi connectivity index (χ3n) is 11.4. The average molecular weight is 756 g/mol. The summed E-state index contributed by atoms with van der Waals surface area (Å²) < 4.78 is 4.75. The van der Waals surface area contributed by atoms with Crippen LogP contribution in [0.25, 0.3) is 77.5 Å². The molecule has 0 aliphatic rings. The van der Waals surface area contributed by atoms with Crippen molar-refractivity contribution in [1.82, 2.24) is 19.1 Å². The Hall–Kier alpha value is -8.02. The van der Waals surface area contributed by atoms with Crippen LogP contribution in [0.2, 0.25) is 0 Å². The molecule has 0 N–H and O–H groups in total. The Kier molecular flexibility index (Phi) is 8.41. The SMILES string of the molecule is c1ccc(-n2ccc3ccc4c5cc(-c6ccc(N(c7ccc(-c8ccncc8)cc7)c7ccc(-c8ccncc8)cc7)cc6)ccc5n(-c5ccccc5)c4c32)cc1. The molecule has 4 heterocycles. The Morgan fingerprint density at radius 2 is 0.831 bits per heavy atom. The highest BCUT2D eigenvalue weighted by molar-refractivity contribution is 6.18. The summed E-state index contributed by atoms with van der Waals surface area (Å²) in [6.45, 7) is 0. The van der Waals surface area contributed by atoms with Gasteiger partial charge in [-0.15, -0.1) is 0 Å². The normalized spacial score (nSPS) is 11.4. The molecule has 0 amide bonds. The predicted molar refractivity (Wildman–Crippen MR) is 244 cm³/mol. The third kappa shape index (κ3) is 6.13. The first-order chi connectivity index (χ1) is 29.3. The lowest BCUT2D eigenvalue weighted by Gasteiger charge is -2.26. The van der Waals surface area contributed by atoms with E-state index in [0.717, 1.165) is 56.3 Å². The highest BCUT2D eigenvalue weighted by Crippen LogP contribution is 2.41. The van der Waals surface area contributed by atoms with E-state index in [1.54, 1.807) is 0 Å². The second kappa shape index (κ2) is 14.5. The molecule has 0 saturated carbocycles. The average Bonchev–Trinajstić information content (AvgIpc) is 3.90. The Morgan fingerprint density at radius 1 is 0.356 bits per heavy atom. The largest absolute Gasteiger partial charge is 0.315 e. The minimum atomic E-state index is 1.08. The van der Waals surface area contributed by atoms with Gasteiger partial charge in [-0.05, 0) is 137 Å². The van der Waals surface area contributed by atoms with E-state index < -0.39 is 0 Å². The molecule has 0 aliphatic heterocycles. The molecule has 7 aromatic carbocycles. The molecule has 0 bridgehead atoms. The highest BCUT2D eigenvalue weighted by atomic mass is 15.1. The van der Waals surface area contributed by atoms with E-state index in [0.29, 0.717) is 0 Å². The number of fused-ring (bicyclic) bond motifs is 5. The molecule has 59 heavy (non-hydrogen) atoms. The smallest absolute Gasteiger partial charge is 0.0788 e. The molecule has 0 unspecified atom stereocenters. The first kappa shape index (κ1) is 34.2. The monoisotopic (exact) mass is 755 g/mol. The maximum absolute atomic E-state index is 4.20. The van der Waals surface area contributed by atoms with E-state index in [2.05, 4.69) is 200 Å². The number of nitrogens with zero attached hydrogens (tertiary/aromatic N) is 5. The highest BCUT2D eigenvalue weighted by Gasteiger charge is 2.19. The standard InChI is InChI=1S/C54H37N5/c1-3-7-45(8-4-1)57-36-31-43-17-25-50-51-37-44(18-26-52(51)59(54(50)53(43)57)46-9-5-2-6-10-46)40-15-23-49(24-16-40)58(47-19-11-38(12-20-47)41-27-32-55-33-28-41)48-21-13-39(14-22-48)42-29-34-56-35-30-42/h1-37H. The van der Waals surface area contributed by atoms with Gasteiger partial charge in [0.05, 0.1) is 16.6 Å². The summed E-state index contributed by atoms with van der Waals surface area (Å²) in [6.07, 6.45) is 9.53. The molecule has 4 aromatic heterocycles. The van der Waals surface area contributed by atoms with Crippen LogP contribution >= 0.6 is 0 Å². The molecular formula is C54H37N5. The van der Waals surface area contributed by atoms with Gasteiger partial charge in [-0.3, -0.25) is 9.97 Å². The Bertz CT molecular complexity index is 3130. The maximum Gasteiger partial charge on any atom is 0.0788 e. The molecule has 0 atom stereocenters.